The molecule has 1 aliphatic heterocycles. The van der Waals surface area contributed by atoms with Gasteiger partial charge < -0.3 is 15.1 Å². The molecule has 1 aromatic heterocycles. The predicted octanol–water partition coefficient (Wildman–Crippen LogP) is 2.85. The standard InChI is InChI=1S/C18H30N6S.HI/c1-3-16-21-18(25-22-16)24-10-8-23(9-11-24)17(19-2)20-12-15(13-4-5-13)14-6-7-14;/h13-15H,3-12H2,1-2H3,(H,19,20);1H. The molecule has 4 rings (SSSR count). The van der Waals surface area contributed by atoms with Gasteiger partial charge in [-0.3, -0.25) is 4.99 Å². The van der Waals surface area contributed by atoms with E-state index in [9.17, 15) is 0 Å². The van der Waals surface area contributed by atoms with E-state index in [0.717, 1.165) is 73.8 Å². The maximum Gasteiger partial charge on any atom is 0.205 e. The van der Waals surface area contributed by atoms with Crippen molar-refractivity contribution >= 4 is 46.6 Å². The number of hydrogen-bond donors (Lipinski definition) is 1. The van der Waals surface area contributed by atoms with Gasteiger partial charge in [-0.15, -0.1) is 24.0 Å². The van der Waals surface area contributed by atoms with Crippen LogP contribution in [0.15, 0.2) is 4.99 Å². The van der Waals surface area contributed by atoms with Crippen LogP contribution in [0.4, 0.5) is 5.13 Å². The smallest absolute Gasteiger partial charge is 0.205 e. The van der Waals surface area contributed by atoms with Gasteiger partial charge in [0, 0.05) is 57.7 Å². The summed E-state index contributed by atoms with van der Waals surface area (Å²) in [6, 6.07) is 0. The monoisotopic (exact) mass is 490 g/mol. The highest BCUT2D eigenvalue weighted by atomic mass is 127. The second-order valence-corrected chi connectivity index (χ2v) is 8.32. The van der Waals surface area contributed by atoms with E-state index < -0.39 is 0 Å². The number of guanidine groups is 1. The Hall–Kier alpha value is -0.640. The molecular formula is C18H31IN6S. The molecule has 0 spiro atoms. The number of rotatable bonds is 6. The molecule has 8 heteroatoms. The number of hydrogen-bond acceptors (Lipinski definition) is 5. The molecule has 0 amide bonds. The fourth-order valence-electron chi connectivity index (χ4n) is 3.93. The Morgan fingerprint density at radius 2 is 1.85 bits per heavy atom. The molecule has 146 valence electrons. The number of anilines is 1. The molecule has 1 aromatic rings. The van der Waals surface area contributed by atoms with E-state index in [1.807, 2.05) is 7.05 Å². The Kier molecular flexibility index (Phi) is 6.98. The SMILES string of the molecule is CCc1nsc(N2CCN(C(=NC)NCC(C3CC3)C3CC3)CC2)n1.I. The molecule has 0 radical (unpaired) electrons. The number of aryl methyl sites for hydroxylation is 1. The van der Waals surface area contributed by atoms with Gasteiger partial charge in [-0.25, -0.2) is 4.98 Å². The fraction of sp³-hybridized carbons (Fsp3) is 0.833. The lowest BCUT2D eigenvalue weighted by molar-refractivity contribution is 0.354. The summed E-state index contributed by atoms with van der Waals surface area (Å²) >= 11 is 1.53. The van der Waals surface area contributed by atoms with E-state index in [1.54, 1.807) is 0 Å². The number of nitrogens with one attached hydrogen (secondary N) is 1. The van der Waals surface area contributed by atoms with Crippen molar-refractivity contribution in [3.8, 4) is 0 Å². The zero-order chi connectivity index (χ0) is 17.2. The van der Waals surface area contributed by atoms with E-state index in [2.05, 4.69) is 36.4 Å². The van der Waals surface area contributed by atoms with E-state index in [-0.39, 0.29) is 24.0 Å². The van der Waals surface area contributed by atoms with Gasteiger partial charge in [-0.1, -0.05) is 6.92 Å². The van der Waals surface area contributed by atoms with Gasteiger partial charge in [0.25, 0.3) is 0 Å². The molecule has 1 saturated heterocycles. The Balaban J connectivity index is 0.00000196. The van der Waals surface area contributed by atoms with E-state index in [0.29, 0.717) is 0 Å². The first-order valence-corrected chi connectivity index (χ1v) is 10.6. The molecule has 6 nitrogen and oxygen atoms in total. The molecule has 1 N–H and O–H groups in total. The van der Waals surface area contributed by atoms with Crippen LogP contribution in [0.1, 0.15) is 38.4 Å². The van der Waals surface area contributed by atoms with Crippen molar-refractivity contribution in [3.05, 3.63) is 5.82 Å². The molecule has 0 aromatic carbocycles. The average Bonchev–Trinajstić information content (AvgIpc) is 3.58. The first kappa shape index (κ1) is 20.1. The van der Waals surface area contributed by atoms with Crippen molar-refractivity contribution in [2.45, 2.75) is 39.0 Å². The van der Waals surface area contributed by atoms with Crippen LogP contribution >= 0.6 is 35.5 Å². The molecule has 2 aliphatic carbocycles. The van der Waals surface area contributed by atoms with Crippen LogP contribution < -0.4 is 10.2 Å². The summed E-state index contributed by atoms with van der Waals surface area (Å²) in [5.41, 5.74) is 0. The van der Waals surface area contributed by atoms with Gasteiger partial charge in [0.1, 0.15) is 5.82 Å². The Morgan fingerprint density at radius 3 is 2.35 bits per heavy atom. The Morgan fingerprint density at radius 1 is 1.19 bits per heavy atom. The minimum atomic E-state index is 0. The number of aromatic nitrogens is 2. The molecule has 3 fully saturated rings. The highest BCUT2D eigenvalue weighted by Crippen LogP contribution is 2.48. The minimum absolute atomic E-state index is 0. The summed E-state index contributed by atoms with van der Waals surface area (Å²) < 4.78 is 4.41. The van der Waals surface area contributed by atoms with Gasteiger partial charge in [0.2, 0.25) is 5.13 Å². The molecule has 0 atom stereocenters. The summed E-state index contributed by atoms with van der Waals surface area (Å²) in [6.45, 7) is 7.20. The van der Waals surface area contributed by atoms with Crippen LogP contribution in [-0.4, -0.2) is 60.0 Å². The van der Waals surface area contributed by atoms with E-state index in [4.69, 9.17) is 0 Å². The van der Waals surface area contributed by atoms with Crippen molar-refractivity contribution in [1.82, 2.24) is 19.6 Å². The lowest BCUT2D eigenvalue weighted by Crippen LogP contribution is -2.53. The van der Waals surface area contributed by atoms with Crippen LogP contribution in [0.5, 0.6) is 0 Å². The highest BCUT2D eigenvalue weighted by molar-refractivity contribution is 14.0. The van der Waals surface area contributed by atoms with Gasteiger partial charge in [0.05, 0.1) is 0 Å². The van der Waals surface area contributed by atoms with Gasteiger partial charge in [-0.2, -0.15) is 4.37 Å². The quantitative estimate of drug-likeness (QED) is 0.378. The van der Waals surface area contributed by atoms with Crippen molar-refractivity contribution < 1.29 is 0 Å². The molecular weight excluding hydrogens is 459 g/mol. The van der Waals surface area contributed by atoms with Gasteiger partial charge >= 0.3 is 0 Å². The lowest BCUT2D eigenvalue weighted by Gasteiger charge is -2.36. The van der Waals surface area contributed by atoms with Crippen molar-refractivity contribution in [2.24, 2.45) is 22.7 Å². The Bertz CT molecular complexity index is 593. The number of halogens is 1. The van der Waals surface area contributed by atoms with Crippen LogP contribution in [-0.2, 0) is 6.42 Å². The number of aliphatic imine (C=N–C) groups is 1. The second kappa shape index (κ2) is 9.03. The number of nitrogens with zero attached hydrogens (tertiary/aromatic N) is 5. The third kappa shape index (κ3) is 4.79. The van der Waals surface area contributed by atoms with Gasteiger partial charge in [-0.05, 0) is 43.4 Å². The maximum absolute atomic E-state index is 4.62. The largest absolute Gasteiger partial charge is 0.356 e. The molecule has 0 bridgehead atoms. The van der Waals surface area contributed by atoms with Crippen LogP contribution in [0.25, 0.3) is 0 Å². The summed E-state index contributed by atoms with van der Waals surface area (Å²) in [5, 5.41) is 4.75. The zero-order valence-corrected chi connectivity index (χ0v) is 19.0. The predicted molar refractivity (Wildman–Crippen MR) is 119 cm³/mol. The van der Waals surface area contributed by atoms with Crippen LogP contribution in [0.3, 0.4) is 0 Å². The molecule has 26 heavy (non-hydrogen) atoms. The average molecular weight is 490 g/mol. The fourth-order valence-corrected chi connectivity index (χ4v) is 4.74. The summed E-state index contributed by atoms with van der Waals surface area (Å²) in [7, 11) is 1.91. The first-order chi connectivity index (χ1) is 12.3. The third-order valence-corrected chi connectivity index (χ3v) is 6.60. The maximum atomic E-state index is 4.62. The lowest BCUT2D eigenvalue weighted by atomic mass is 9.98. The van der Waals surface area contributed by atoms with Crippen LogP contribution in [0.2, 0.25) is 0 Å². The van der Waals surface area contributed by atoms with E-state index in [1.165, 1.54) is 37.2 Å². The zero-order valence-electron chi connectivity index (χ0n) is 15.9. The summed E-state index contributed by atoms with van der Waals surface area (Å²) in [6.07, 6.45) is 6.70. The summed E-state index contributed by atoms with van der Waals surface area (Å²) in [5.74, 6) is 4.90. The third-order valence-electron chi connectivity index (χ3n) is 5.79. The molecule has 2 heterocycles. The minimum Gasteiger partial charge on any atom is -0.356 e. The molecule has 3 aliphatic rings. The van der Waals surface area contributed by atoms with Crippen LogP contribution in [0, 0.1) is 17.8 Å². The van der Waals surface area contributed by atoms with Crippen molar-refractivity contribution in [1.29, 1.82) is 0 Å². The molecule has 2 saturated carbocycles. The Labute approximate surface area is 178 Å². The summed E-state index contributed by atoms with van der Waals surface area (Å²) in [4.78, 5) is 13.9. The van der Waals surface area contributed by atoms with Gasteiger partial charge in [0.15, 0.2) is 5.96 Å². The topological polar surface area (TPSA) is 56.7 Å². The van der Waals surface area contributed by atoms with Crippen molar-refractivity contribution in [2.75, 3.05) is 44.7 Å². The second-order valence-electron chi connectivity index (χ2n) is 7.59. The molecule has 0 unspecified atom stereocenters. The first-order valence-electron chi connectivity index (χ1n) is 9.81. The van der Waals surface area contributed by atoms with E-state index >= 15 is 0 Å². The number of piperazine rings is 1. The van der Waals surface area contributed by atoms with Crippen molar-refractivity contribution in [3.63, 3.8) is 0 Å². The highest BCUT2D eigenvalue weighted by Gasteiger charge is 2.41. The normalized spacial score (nSPS) is 21.1.